The van der Waals surface area contributed by atoms with Gasteiger partial charge in [-0.1, -0.05) is 12.1 Å². The summed E-state index contributed by atoms with van der Waals surface area (Å²) >= 11 is 0. The molecule has 0 radical (unpaired) electrons. The molecule has 0 saturated heterocycles. The monoisotopic (exact) mass is 307 g/mol. The lowest BCUT2D eigenvalue weighted by atomic mass is 10.1. The van der Waals surface area contributed by atoms with Crippen molar-refractivity contribution in [2.24, 2.45) is 0 Å². The average molecular weight is 307 g/mol. The Balaban J connectivity index is 1.61. The molecule has 116 valence electrons. The predicted octanol–water partition coefficient (Wildman–Crippen LogP) is 2.81. The fraction of sp³-hybridized carbons (Fsp3) is 0.111. The number of rotatable bonds is 5. The summed E-state index contributed by atoms with van der Waals surface area (Å²) in [7, 11) is 1.63. The number of carbonyl (C=O) groups excluding carboxylic acids is 1. The van der Waals surface area contributed by atoms with Crippen LogP contribution in [-0.2, 0) is 6.54 Å². The zero-order chi connectivity index (χ0) is 16.1. The van der Waals surface area contributed by atoms with E-state index in [1.54, 1.807) is 30.1 Å². The lowest BCUT2D eigenvalue weighted by Crippen LogP contribution is -2.22. The number of methoxy groups -OCH3 is 1. The lowest BCUT2D eigenvalue weighted by Gasteiger charge is -2.07. The Morgan fingerprint density at radius 3 is 2.48 bits per heavy atom. The van der Waals surface area contributed by atoms with Gasteiger partial charge in [-0.3, -0.25) is 4.79 Å². The number of benzene rings is 2. The Kier molecular flexibility index (Phi) is 4.38. The zero-order valence-electron chi connectivity index (χ0n) is 12.8. The molecule has 3 rings (SSSR count). The predicted molar refractivity (Wildman–Crippen MR) is 87.7 cm³/mol. The van der Waals surface area contributed by atoms with Crippen LogP contribution in [0.3, 0.4) is 0 Å². The Labute approximate surface area is 134 Å². The molecule has 0 aliphatic heterocycles. The maximum absolute atomic E-state index is 12.2. The molecule has 0 saturated carbocycles. The molecule has 23 heavy (non-hydrogen) atoms. The van der Waals surface area contributed by atoms with Crippen molar-refractivity contribution in [2.45, 2.75) is 6.54 Å². The third-order valence-corrected chi connectivity index (χ3v) is 3.51. The molecular formula is C18H17N3O2. The molecule has 0 unspecified atom stereocenters. The van der Waals surface area contributed by atoms with Crippen molar-refractivity contribution in [3.8, 4) is 11.4 Å². The molecule has 3 aromatic rings. The standard InChI is InChI=1S/C18H17N3O2/c1-23-17-9-3-14(4-10-17)13-19-18(22)15-5-7-16(8-6-15)21-12-2-11-20-21/h2-12H,13H2,1H3,(H,19,22). The highest BCUT2D eigenvalue weighted by atomic mass is 16.5. The number of hydrogen-bond donors (Lipinski definition) is 1. The summed E-state index contributed by atoms with van der Waals surface area (Å²) in [6, 6.07) is 16.8. The van der Waals surface area contributed by atoms with Gasteiger partial charge in [-0.2, -0.15) is 5.10 Å². The van der Waals surface area contributed by atoms with E-state index in [2.05, 4.69) is 10.4 Å². The van der Waals surface area contributed by atoms with Crippen LogP contribution in [0.25, 0.3) is 5.69 Å². The van der Waals surface area contributed by atoms with Crippen molar-refractivity contribution >= 4 is 5.91 Å². The second-order valence-electron chi connectivity index (χ2n) is 5.03. The van der Waals surface area contributed by atoms with Crippen LogP contribution in [0.5, 0.6) is 5.75 Å². The van der Waals surface area contributed by atoms with Crippen LogP contribution in [-0.4, -0.2) is 22.8 Å². The van der Waals surface area contributed by atoms with Crippen LogP contribution in [0.1, 0.15) is 15.9 Å². The van der Waals surface area contributed by atoms with Gasteiger partial charge in [-0.15, -0.1) is 0 Å². The average Bonchev–Trinajstić information content (AvgIpc) is 3.15. The van der Waals surface area contributed by atoms with Crippen LogP contribution in [0, 0.1) is 0 Å². The van der Waals surface area contributed by atoms with Gasteiger partial charge in [0.2, 0.25) is 0 Å². The molecule has 1 heterocycles. The first kappa shape index (κ1) is 14.8. The maximum Gasteiger partial charge on any atom is 0.251 e. The van der Waals surface area contributed by atoms with E-state index in [1.165, 1.54) is 0 Å². The van der Waals surface area contributed by atoms with E-state index in [-0.39, 0.29) is 5.91 Å². The first-order valence-electron chi connectivity index (χ1n) is 7.27. The highest BCUT2D eigenvalue weighted by molar-refractivity contribution is 5.94. The van der Waals surface area contributed by atoms with Gasteiger partial charge >= 0.3 is 0 Å². The van der Waals surface area contributed by atoms with Gasteiger partial charge in [0.1, 0.15) is 5.75 Å². The van der Waals surface area contributed by atoms with Crippen molar-refractivity contribution in [3.05, 3.63) is 78.1 Å². The summed E-state index contributed by atoms with van der Waals surface area (Å²) in [6.45, 7) is 0.476. The number of hydrogen-bond acceptors (Lipinski definition) is 3. The molecule has 0 aliphatic carbocycles. The van der Waals surface area contributed by atoms with E-state index >= 15 is 0 Å². The van der Waals surface area contributed by atoms with Crippen molar-refractivity contribution in [2.75, 3.05) is 7.11 Å². The van der Waals surface area contributed by atoms with E-state index in [0.717, 1.165) is 17.0 Å². The van der Waals surface area contributed by atoms with E-state index < -0.39 is 0 Å². The first-order chi connectivity index (χ1) is 11.3. The minimum atomic E-state index is -0.104. The molecule has 0 atom stereocenters. The summed E-state index contributed by atoms with van der Waals surface area (Å²) in [5.74, 6) is 0.696. The van der Waals surface area contributed by atoms with E-state index in [4.69, 9.17) is 4.74 Å². The molecule has 5 heteroatoms. The molecule has 0 fully saturated rings. The smallest absolute Gasteiger partial charge is 0.251 e. The molecule has 5 nitrogen and oxygen atoms in total. The summed E-state index contributed by atoms with van der Waals surface area (Å²) in [4.78, 5) is 12.2. The quantitative estimate of drug-likeness (QED) is 0.788. The Hall–Kier alpha value is -3.08. The number of carbonyl (C=O) groups is 1. The van der Waals surface area contributed by atoms with Crippen LogP contribution in [0.4, 0.5) is 0 Å². The number of nitrogens with zero attached hydrogens (tertiary/aromatic N) is 2. The van der Waals surface area contributed by atoms with Crippen LogP contribution in [0.2, 0.25) is 0 Å². The largest absolute Gasteiger partial charge is 0.497 e. The van der Waals surface area contributed by atoms with Crippen LogP contribution in [0.15, 0.2) is 67.0 Å². The van der Waals surface area contributed by atoms with Crippen molar-refractivity contribution < 1.29 is 9.53 Å². The molecule has 1 N–H and O–H groups in total. The highest BCUT2D eigenvalue weighted by Gasteiger charge is 2.06. The summed E-state index contributed by atoms with van der Waals surface area (Å²) in [5, 5.41) is 7.06. The maximum atomic E-state index is 12.2. The molecule has 0 bridgehead atoms. The molecule has 1 aromatic heterocycles. The summed E-state index contributed by atoms with van der Waals surface area (Å²) in [5.41, 5.74) is 2.56. The fourth-order valence-electron chi connectivity index (χ4n) is 2.21. The molecule has 0 aliphatic rings. The van der Waals surface area contributed by atoms with Crippen molar-refractivity contribution in [3.63, 3.8) is 0 Å². The second kappa shape index (κ2) is 6.79. The highest BCUT2D eigenvalue weighted by Crippen LogP contribution is 2.12. The number of aromatic nitrogens is 2. The Bertz CT molecular complexity index is 763. The Morgan fingerprint density at radius 1 is 1.13 bits per heavy atom. The molecule has 0 spiro atoms. The normalized spacial score (nSPS) is 10.3. The van der Waals surface area contributed by atoms with Gasteiger partial charge in [-0.25, -0.2) is 4.68 Å². The van der Waals surface area contributed by atoms with E-state index in [1.807, 2.05) is 48.7 Å². The van der Waals surface area contributed by atoms with Gasteiger partial charge < -0.3 is 10.1 Å². The lowest BCUT2D eigenvalue weighted by molar-refractivity contribution is 0.0951. The molecule has 2 aromatic carbocycles. The first-order valence-corrected chi connectivity index (χ1v) is 7.27. The van der Waals surface area contributed by atoms with Crippen molar-refractivity contribution in [1.29, 1.82) is 0 Å². The number of ether oxygens (including phenoxy) is 1. The van der Waals surface area contributed by atoms with Gasteiger partial charge in [0.15, 0.2) is 0 Å². The fourth-order valence-corrected chi connectivity index (χ4v) is 2.21. The Morgan fingerprint density at radius 2 is 1.87 bits per heavy atom. The van der Waals surface area contributed by atoms with E-state index in [0.29, 0.717) is 12.1 Å². The number of amides is 1. The summed E-state index contributed by atoms with van der Waals surface area (Å²) in [6.07, 6.45) is 3.58. The van der Waals surface area contributed by atoms with Gasteiger partial charge in [0, 0.05) is 24.5 Å². The number of nitrogens with one attached hydrogen (secondary N) is 1. The van der Waals surface area contributed by atoms with Gasteiger partial charge in [0.05, 0.1) is 12.8 Å². The van der Waals surface area contributed by atoms with Crippen LogP contribution < -0.4 is 10.1 Å². The zero-order valence-corrected chi connectivity index (χ0v) is 12.8. The SMILES string of the molecule is COc1ccc(CNC(=O)c2ccc(-n3cccn3)cc2)cc1. The van der Waals surface area contributed by atoms with Gasteiger partial charge in [0.25, 0.3) is 5.91 Å². The molecular weight excluding hydrogens is 290 g/mol. The van der Waals surface area contributed by atoms with Gasteiger partial charge in [-0.05, 0) is 48.0 Å². The topological polar surface area (TPSA) is 56.1 Å². The second-order valence-corrected chi connectivity index (χ2v) is 5.03. The minimum absolute atomic E-state index is 0.104. The minimum Gasteiger partial charge on any atom is -0.497 e. The van der Waals surface area contributed by atoms with Crippen LogP contribution >= 0.6 is 0 Å². The van der Waals surface area contributed by atoms with Crippen molar-refractivity contribution in [1.82, 2.24) is 15.1 Å². The molecule has 1 amide bonds. The third kappa shape index (κ3) is 3.58. The third-order valence-electron chi connectivity index (χ3n) is 3.51. The summed E-state index contributed by atoms with van der Waals surface area (Å²) < 4.78 is 6.86. The van der Waals surface area contributed by atoms with E-state index in [9.17, 15) is 4.79 Å².